The van der Waals surface area contributed by atoms with Crippen LogP contribution in [0.15, 0.2) is 53.4 Å². The number of carbonyl (C=O) groups is 2. The van der Waals surface area contributed by atoms with E-state index in [2.05, 4.69) is 5.32 Å². The maximum absolute atomic E-state index is 12.6. The minimum absolute atomic E-state index is 0.0657. The summed E-state index contributed by atoms with van der Waals surface area (Å²) in [6, 6.07) is 13.4. The van der Waals surface area contributed by atoms with Crippen LogP contribution in [0.25, 0.3) is 0 Å². The van der Waals surface area contributed by atoms with E-state index in [1.807, 2.05) is 0 Å². The lowest BCUT2D eigenvalue weighted by Crippen LogP contribution is -2.35. The molecule has 0 spiro atoms. The summed E-state index contributed by atoms with van der Waals surface area (Å²) in [5.41, 5.74) is 1.82. The molecule has 2 aliphatic carbocycles. The second-order valence-electron chi connectivity index (χ2n) is 8.62. The second kappa shape index (κ2) is 9.42. The molecule has 2 aliphatic rings. The molecule has 2 aromatic rings. The zero-order valence-corrected chi connectivity index (χ0v) is 18.7. The molecular weight excluding hydrogens is 428 g/mol. The van der Waals surface area contributed by atoms with Gasteiger partial charge in [-0.2, -0.15) is 0 Å². The van der Waals surface area contributed by atoms with Crippen LogP contribution in [-0.2, 0) is 21.1 Å². The number of nitrogens with one attached hydrogen (secondary N) is 1. The summed E-state index contributed by atoms with van der Waals surface area (Å²) in [5, 5.41) is 12.0. The maximum Gasteiger partial charge on any atom is 0.254 e. The van der Waals surface area contributed by atoms with Gasteiger partial charge in [0.2, 0.25) is 5.91 Å². The topological polar surface area (TPSA) is 104 Å². The summed E-state index contributed by atoms with van der Waals surface area (Å²) >= 11 is 0. The lowest BCUT2D eigenvalue weighted by Gasteiger charge is -2.21. The van der Waals surface area contributed by atoms with Crippen molar-refractivity contribution in [1.29, 1.82) is 0 Å². The fourth-order valence-corrected chi connectivity index (χ4v) is 5.40. The van der Waals surface area contributed by atoms with Crippen molar-refractivity contribution in [3.8, 4) is 0 Å². The molecule has 0 aliphatic heterocycles. The number of nitrogens with zero attached hydrogens (tertiary/aromatic N) is 1. The van der Waals surface area contributed by atoms with Gasteiger partial charge in [0.1, 0.15) is 0 Å². The van der Waals surface area contributed by atoms with Gasteiger partial charge in [-0.3, -0.25) is 9.59 Å². The van der Waals surface area contributed by atoms with Gasteiger partial charge in [-0.25, -0.2) is 8.42 Å². The number of anilines is 1. The van der Waals surface area contributed by atoms with E-state index >= 15 is 0 Å². The molecule has 2 fully saturated rings. The Morgan fingerprint density at radius 2 is 1.62 bits per heavy atom. The number of aliphatic hydroxyl groups excluding tert-OH is 1. The predicted molar refractivity (Wildman–Crippen MR) is 121 cm³/mol. The third-order valence-corrected chi connectivity index (χ3v) is 7.70. The molecule has 8 heteroatoms. The molecule has 170 valence electrons. The number of aliphatic hydroxyl groups is 1. The molecule has 0 aromatic heterocycles. The Kier molecular flexibility index (Phi) is 6.62. The van der Waals surface area contributed by atoms with E-state index in [-0.39, 0.29) is 36.6 Å². The third kappa shape index (κ3) is 5.75. The van der Waals surface area contributed by atoms with E-state index in [4.69, 9.17) is 0 Å². The van der Waals surface area contributed by atoms with Crippen LogP contribution in [-0.4, -0.2) is 55.2 Å². The molecule has 0 unspecified atom stereocenters. The van der Waals surface area contributed by atoms with Gasteiger partial charge in [0.15, 0.2) is 9.84 Å². The van der Waals surface area contributed by atoms with Gasteiger partial charge in [0.05, 0.1) is 23.7 Å². The molecule has 2 N–H and O–H groups in total. The number of hydrogen-bond acceptors (Lipinski definition) is 5. The normalized spacial score (nSPS) is 15.9. The van der Waals surface area contributed by atoms with Crippen molar-refractivity contribution in [2.45, 2.75) is 43.0 Å². The molecule has 2 amide bonds. The molecule has 4 rings (SSSR count). The first-order chi connectivity index (χ1) is 15.4. The van der Waals surface area contributed by atoms with Crippen molar-refractivity contribution in [2.24, 2.45) is 5.92 Å². The lowest BCUT2D eigenvalue weighted by molar-refractivity contribution is -0.115. The minimum atomic E-state index is -3.26. The number of carbonyl (C=O) groups excluding carboxylic acids is 2. The lowest BCUT2D eigenvalue weighted by atomic mass is 10.1. The number of sulfone groups is 1. The highest BCUT2D eigenvalue weighted by molar-refractivity contribution is 7.91. The molecule has 0 atom stereocenters. The Morgan fingerprint density at radius 3 is 2.19 bits per heavy atom. The summed E-state index contributed by atoms with van der Waals surface area (Å²) in [4.78, 5) is 27.0. The van der Waals surface area contributed by atoms with Gasteiger partial charge in [0.25, 0.3) is 5.91 Å². The van der Waals surface area contributed by atoms with Crippen LogP contribution in [0.2, 0.25) is 0 Å². The highest BCUT2D eigenvalue weighted by atomic mass is 32.2. The van der Waals surface area contributed by atoms with Crippen LogP contribution in [0.5, 0.6) is 0 Å². The first-order valence-electron chi connectivity index (χ1n) is 11.0. The van der Waals surface area contributed by atoms with Crippen LogP contribution in [0, 0.1) is 5.92 Å². The van der Waals surface area contributed by atoms with Gasteiger partial charge < -0.3 is 15.3 Å². The standard InChI is InChI=1S/C24H28N2O5S/c27-14-13-26(21-9-10-21)24(29)19-5-7-20(8-6-19)25-23(28)15-17-3-11-22(12-4-17)32(30,31)16-18-1-2-18/h3-8,11-12,18,21,27H,1-2,9-10,13-16H2,(H,25,28). The fraction of sp³-hybridized carbons (Fsp3) is 0.417. The van der Waals surface area contributed by atoms with Gasteiger partial charge in [-0.05, 0) is 73.6 Å². The summed E-state index contributed by atoms with van der Waals surface area (Å²) in [7, 11) is -3.26. The van der Waals surface area contributed by atoms with Gasteiger partial charge >= 0.3 is 0 Å². The quantitative estimate of drug-likeness (QED) is 0.572. The highest BCUT2D eigenvalue weighted by Crippen LogP contribution is 2.32. The molecule has 0 bridgehead atoms. The van der Waals surface area contributed by atoms with Crippen LogP contribution < -0.4 is 5.32 Å². The Labute approximate surface area is 188 Å². The Bertz CT molecular complexity index is 1070. The van der Waals surface area contributed by atoms with E-state index < -0.39 is 9.84 Å². The van der Waals surface area contributed by atoms with Crippen molar-refractivity contribution in [2.75, 3.05) is 24.2 Å². The average molecular weight is 457 g/mol. The predicted octanol–water partition coefficient (Wildman–Crippen LogP) is 2.65. The second-order valence-corrected chi connectivity index (χ2v) is 10.7. The Morgan fingerprint density at radius 1 is 0.969 bits per heavy atom. The first kappa shape index (κ1) is 22.5. The Hall–Kier alpha value is -2.71. The summed E-state index contributed by atoms with van der Waals surface area (Å²) < 4.78 is 24.7. The molecular formula is C24H28N2O5S. The molecule has 2 aromatic carbocycles. The number of benzene rings is 2. The van der Waals surface area contributed by atoms with Crippen molar-refractivity contribution in [1.82, 2.24) is 4.90 Å². The van der Waals surface area contributed by atoms with Crippen LogP contribution in [0.1, 0.15) is 41.6 Å². The first-order valence-corrected chi connectivity index (χ1v) is 12.6. The average Bonchev–Trinajstić information content (AvgIpc) is 3.68. The van der Waals surface area contributed by atoms with E-state index in [1.165, 1.54) is 0 Å². The molecule has 0 saturated heterocycles. The Balaban J connectivity index is 1.32. The number of amides is 2. The SMILES string of the molecule is O=C(Cc1ccc(S(=O)(=O)CC2CC2)cc1)Nc1ccc(C(=O)N(CCO)C2CC2)cc1. The molecule has 7 nitrogen and oxygen atoms in total. The molecule has 0 radical (unpaired) electrons. The molecule has 0 heterocycles. The largest absolute Gasteiger partial charge is 0.395 e. The van der Waals surface area contributed by atoms with Crippen molar-refractivity contribution < 1.29 is 23.1 Å². The summed E-state index contributed by atoms with van der Waals surface area (Å²) in [6.07, 6.45) is 4.01. The van der Waals surface area contributed by atoms with Gasteiger partial charge in [-0.1, -0.05) is 12.1 Å². The number of hydrogen-bond donors (Lipinski definition) is 2. The van der Waals surface area contributed by atoms with Gasteiger partial charge in [-0.15, -0.1) is 0 Å². The van der Waals surface area contributed by atoms with E-state index in [0.717, 1.165) is 31.2 Å². The van der Waals surface area contributed by atoms with Crippen LogP contribution >= 0.6 is 0 Å². The summed E-state index contributed by atoms with van der Waals surface area (Å²) in [5.74, 6) is 0.149. The smallest absolute Gasteiger partial charge is 0.254 e. The highest BCUT2D eigenvalue weighted by Gasteiger charge is 2.32. The molecule has 32 heavy (non-hydrogen) atoms. The van der Waals surface area contributed by atoms with Crippen molar-refractivity contribution in [3.63, 3.8) is 0 Å². The third-order valence-electron chi connectivity index (χ3n) is 5.80. The van der Waals surface area contributed by atoms with Crippen LogP contribution in [0.4, 0.5) is 5.69 Å². The summed E-state index contributed by atoms with van der Waals surface area (Å²) in [6.45, 7) is 0.256. The minimum Gasteiger partial charge on any atom is -0.395 e. The zero-order valence-electron chi connectivity index (χ0n) is 17.9. The van der Waals surface area contributed by atoms with E-state index in [0.29, 0.717) is 28.6 Å². The fourth-order valence-electron chi connectivity index (χ4n) is 3.70. The maximum atomic E-state index is 12.6. The van der Waals surface area contributed by atoms with Crippen molar-refractivity contribution >= 4 is 27.3 Å². The van der Waals surface area contributed by atoms with E-state index in [9.17, 15) is 23.1 Å². The monoisotopic (exact) mass is 456 g/mol. The van der Waals surface area contributed by atoms with Gasteiger partial charge in [0, 0.05) is 23.8 Å². The number of rotatable bonds is 10. The van der Waals surface area contributed by atoms with Crippen molar-refractivity contribution in [3.05, 3.63) is 59.7 Å². The van der Waals surface area contributed by atoms with E-state index in [1.54, 1.807) is 53.4 Å². The van der Waals surface area contributed by atoms with Crippen LogP contribution in [0.3, 0.4) is 0 Å². The molecule has 2 saturated carbocycles. The zero-order chi connectivity index (χ0) is 22.7.